The van der Waals surface area contributed by atoms with Crippen LogP contribution in [-0.2, 0) is 22.4 Å². The summed E-state index contributed by atoms with van der Waals surface area (Å²) in [4.78, 5) is 29.5. The number of piperazine rings is 1. The standard InChI is InChI=1S/C31H32N2O6/c1-36-21-11-13-26(37-2)20(16-21)17-23-31(35)33-24(12-10-19-8-6-5-7-9-19)29-22(18-25(33)30(34)32-23)27(38-3)14-15-28(29)39-4/h5-16,23-25H,17-18H2,1-4H3,(H,32,34)/b12-10+/t23-,24+,25-/m0/s1. The molecule has 5 rings (SSSR count). The molecular formula is C31H32N2O6. The Labute approximate surface area is 228 Å². The number of rotatable bonds is 8. The highest BCUT2D eigenvalue weighted by Crippen LogP contribution is 2.45. The van der Waals surface area contributed by atoms with Crippen molar-refractivity contribution < 1.29 is 28.5 Å². The van der Waals surface area contributed by atoms with Crippen LogP contribution in [-0.4, -0.2) is 57.2 Å². The van der Waals surface area contributed by atoms with Crippen molar-refractivity contribution >= 4 is 17.9 Å². The zero-order chi connectivity index (χ0) is 27.5. The second kappa shape index (κ2) is 11.1. The quantitative estimate of drug-likeness (QED) is 0.476. The van der Waals surface area contributed by atoms with Gasteiger partial charge in [-0.25, -0.2) is 0 Å². The number of carbonyl (C=O) groups is 2. The molecule has 1 N–H and O–H groups in total. The third kappa shape index (κ3) is 4.90. The lowest BCUT2D eigenvalue weighted by Gasteiger charge is -2.47. The van der Waals surface area contributed by atoms with Gasteiger partial charge in [-0.3, -0.25) is 9.59 Å². The molecule has 0 radical (unpaired) electrons. The van der Waals surface area contributed by atoms with Crippen LogP contribution >= 0.6 is 0 Å². The molecule has 8 heteroatoms. The lowest BCUT2D eigenvalue weighted by atomic mass is 9.83. The molecule has 1 saturated heterocycles. The maximum atomic E-state index is 14.2. The van der Waals surface area contributed by atoms with Crippen LogP contribution in [0.1, 0.15) is 28.3 Å². The number of amides is 2. The van der Waals surface area contributed by atoms with Crippen molar-refractivity contribution in [2.45, 2.75) is 31.0 Å². The molecule has 0 saturated carbocycles. The summed E-state index contributed by atoms with van der Waals surface area (Å²) in [5.74, 6) is 2.17. The normalized spacial score (nSPS) is 20.2. The second-order valence-electron chi connectivity index (χ2n) is 9.49. The summed E-state index contributed by atoms with van der Waals surface area (Å²) < 4.78 is 22.3. The number of hydrogen-bond acceptors (Lipinski definition) is 6. The summed E-state index contributed by atoms with van der Waals surface area (Å²) in [6, 6.07) is 16.9. The third-order valence-corrected chi connectivity index (χ3v) is 7.40. The van der Waals surface area contributed by atoms with E-state index in [1.54, 1.807) is 45.5 Å². The topological polar surface area (TPSA) is 86.3 Å². The van der Waals surface area contributed by atoms with Gasteiger partial charge in [-0.1, -0.05) is 42.5 Å². The predicted octanol–water partition coefficient (Wildman–Crippen LogP) is 3.97. The van der Waals surface area contributed by atoms with Crippen LogP contribution in [0.25, 0.3) is 6.08 Å². The number of ether oxygens (including phenoxy) is 4. The summed E-state index contributed by atoms with van der Waals surface area (Å²) in [5.41, 5.74) is 3.43. The summed E-state index contributed by atoms with van der Waals surface area (Å²) in [7, 11) is 6.37. The van der Waals surface area contributed by atoms with Gasteiger partial charge < -0.3 is 29.2 Å². The van der Waals surface area contributed by atoms with E-state index in [1.807, 2.05) is 60.7 Å². The van der Waals surface area contributed by atoms with Crippen molar-refractivity contribution in [2.75, 3.05) is 28.4 Å². The Morgan fingerprint density at radius 2 is 1.56 bits per heavy atom. The maximum Gasteiger partial charge on any atom is 0.246 e. The van der Waals surface area contributed by atoms with Crippen LogP contribution in [0.4, 0.5) is 0 Å². The van der Waals surface area contributed by atoms with E-state index in [0.717, 1.165) is 22.3 Å². The first kappa shape index (κ1) is 26.2. The van der Waals surface area contributed by atoms with E-state index in [2.05, 4.69) is 5.32 Å². The van der Waals surface area contributed by atoms with E-state index in [4.69, 9.17) is 18.9 Å². The van der Waals surface area contributed by atoms with E-state index in [0.29, 0.717) is 29.4 Å². The van der Waals surface area contributed by atoms with Gasteiger partial charge in [-0.05, 0) is 35.9 Å². The molecule has 3 atom stereocenters. The highest BCUT2D eigenvalue weighted by molar-refractivity contribution is 5.98. The Bertz CT molecular complexity index is 1400. The number of nitrogens with one attached hydrogen (secondary N) is 1. The van der Waals surface area contributed by atoms with Crippen LogP contribution in [0.15, 0.2) is 66.7 Å². The fourth-order valence-electron chi connectivity index (χ4n) is 5.53. The highest BCUT2D eigenvalue weighted by Gasteiger charge is 2.48. The molecule has 2 aliphatic rings. The maximum absolute atomic E-state index is 14.2. The molecule has 3 aromatic rings. The second-order valence-corrected chi connectivity index (χ2v) is 9.49. The average molecular weight is 529 g/mol. The Morgan fingerprint density at radius 3 is 2.26 bits per heavy atom. The van der Waals surface area contributed by atoms with E-state index < -0.39 is 18.1 Å². The van der Waals surface area contributed by atoms with E-state index >= 15 is 0 Å². The Hall–Kier alpha value is -4.46. The van der Waals surface area contributed by atoms with E-state index in [1.165, 1.54) is 0 Å². The van der Waals surface area contributed by atoms with Crippen LogP contribution in [0.2, 0.25) is 0 Å². The van der Waals surface area contributed by atoms with Crippen LogP contribution < -0.4 is 24.3 Å². The van der Waals surface area contributed by atoms with Crippen molar-refractivity contribution in [3.8, 4) is 23.0 Å². The number of nitrogens with zero attached hydrogens (tertiary/aromatic N) is 1. The van der Waals surface area contributed by atoms with Gasteiger partial charge in [-0.2, -0.15) is 0 Å². The lowest BCUT2D eigenvalue weighted by molar-refractivity contribution is -0.152. The fraction of sp³-hybridized carbons (Fsp3) is 0.290. The number of methoxy groups -OCH3 is 4. The monoisotopic (exact) mass is 528 g/mol. The molecule has 39 heavy (non-hydrogen) atoms. The molecule has 1 fully saturated rings. The van der Waals surface area contributed by atoms with Crippen LogP contribution in [0.3, 0.4) is 0 Å². The number of carbonyl (C=O) groups excluding carboxylic acids is 2. The first-order valence-electron chi connectivity index (χ1n) is 12.8. The predicted molar refractivity (Wildman–Crippen MR) is 147 cm³/mol. The fourth-order valence-corrected chi connectivity index (χ4v) is 5.53. The van der Waals surface area contributed by atoms with Gasteiger partial charge in [0.15, 0.2) is 0 Å². The minimum Gasteiger partial charge on any atom is -0.497 e. The average Bonchev–Trinajstić information content (AvgIpc) is 2.97. The highest BCUT2D eigenvalue weighted by atomic mass is 16.5. The molecule has 0 bridgehead atoms. The van der Waals surface area contributed by atoms with Crippen molar-refractivity contribution in [1.82, 2.24) is 10.2 Å². The zero-order valence-corrected chi connectivity index (χ0v) is 22.5. The lowest BCUT2D eigenvalue weighted by Crippen LogP contribution is -2.66. The molecule has 0 aromatic heterocycles. The molecule has 3 aromatic carbocycles. The largest absolute Gasteiger partial charge is 0.497 e. The van der Waals surface area contributed by atoms with Gasteiger partial charge in [-0.15, -0.1) is 0 Å². The Kier molecular flexibility index (Phi) is 7.45. The van der Waals surface area contributed by atoms with Crippen molar-refractivity contribution in [3.63, 3.8) is 0 Å². The Morgan fingerprint density at radius 1 is 0.872 bits per heavy atom. The molecule has 8 nitrogen and oxygen atoms in total. The summed E-state index contributed by atoms with van der Waals surface area (Å²) in [5, 5.41) is 2.97. The molecule has 0 unspecified atom stereocenters. The number of hydrogen-bond donors (Lipinski definition) is 1. The number of fused-ring (bicyclic) bond motifs is 2. The number of benzene rings is 3. The van der Waals surface area contributed by atoms with E-state index in [9.17, 15) is 9.59 Å². The van der Waals surface area contributed by atoms with Crippen molar-refractivity contribution in [3.05, 3.63) is 89.0 Å². The Balaban J connectivity index is 1.59. The minimum atomic E-state index is -0.777. The molecule has 2 amide bonds. The first-order valence-corrected chi connectivity index (χ1v) is 12.8. The third-order valence-electron chi connectivity index (χ3n) is 7.40. The van der Waals surface area contributed by atoms with Crippen molar-refractivity contribution in [2.24, 2.45) is 0 Å². The summed E-state index contributed by atoms with van der Waals surface area (Å²) >= 11 is 0. The van der Waals surface area contributed by atoms with Crippen LogP contribution in [0, 0.1) is 0 Å². The van der Waals surface area contributed by atoms with Gasteiger partial charge in [0.2, 0.25) is 11.8 Å². The molecule has 202 valence electrons. The summed E-state index contributed by atoms with van der Waals surface area (Å²) in [6.45, 7) is 0. The van der Waals surface area contributed by atoms with Gasteiger partial charge in [0.1, 0.15) is 35.1 Å². The van der Waals surface area contributed by atoms with Gasteiger partial charge in [0, 0.05) is 29.5 Å². The van der Waals surface area contributed by atoms with Gasteiger partial charge >= 0.3 is 0 Å². The molecule has 2 heterocycles. The van der Waals surface area contributed by atoms with Crippen molar-refractivity contribution in [1.29, 1.82) is 0 Å². The van der Waals surface area contributed by atoms with Gasteiger partial charge in [0.25, 0.3) is 0 Å². The molecular weight excluding hydrogens is 496 g/mol. The zero-order valence-electron chi connectivity index (χ0n) is 22.5. The summed E-state index contributed by atoms with van der Waals surface area (Å²) in [6.07, 6.45) is 4.50. The smallest absolute Gasteiger partial charge is 0.246 e. The van der Waals surface area contributed by atoms with E-state index in [-0.39, 0.29) is 18.2 Å². The molecule has 0 aliphatic carbocycles. The van der Waals surface area contributed by atoms with Gasteiger partial charge in [0.05, 0.1) is 34.5 Å². The SMILES string of the molecule is COc1ccc(OC)c(C[C@@H]2NC(=O)[C@@H]3Cc4c(OC)ccc(OC)c4[C@@H](/C=C/c4ccccc4)N3C2=O)c1. The first-order chi connectivity index (χ1) is 19.0. The van der Waals surface area contributed by atoms with Crippen LogP contribution in [0.5, 0.6) is 23.0 Å². The molecule has 2 aliphatic heterocycles. The molecule has 0 spiro atoms. The minimum absolute atomic E-state index is 0.178.